The van der Waals surface area contributed by atoms with E-state index in [0.29, 0.717) is 17.5 Å². The van der Waals surface area contributed by atoms with Gasteiger partial charge in [0.2, 0.25) is 0 Å². The maximum Gasteiger partial charge on any atom is 0.250 e. The van der Waals surface area contributed by atoms with Gasteiger partial charge in [-0.1, -0.05) is 52.0 Å². The minimum atomic E-state index is -0.247. The molecule has 9 heteroatoms. The van der Waals surface area contributed by atoms with Crippen LogP contribution in [-0.2, 0) is 11.3 Å². The number of nitrogens with one attached hydrogen (secondary N) is 1. The second-order valence-corrected chi connectivity index (χ2v) is 7.81. The lowest BCUT2D eigenvalue weighted by Gasteiger charge is -2.10. The van der Waals surface area contributed by atoms with Crippen molar-refractivity contribution in [1.82, 2.24) is 20.2 Å². The molecule has 0 fully saturated rings. The molecule has 0 radical (unpaired) electrons. The van der Waals surface area contributed by atoms with Crippen molar-refractivity contribution in [3.63, 3.8) is 0 Å². The normalized spacial score (nSPS) is 11.1. The summed E-state index contributed by atoms with van der Waals surface area (Å²) in [7, 11) is 0. The Bertz CT molecular complexity index is 980. The van der Waals surface area contributed by atoms with Crippen molar-refractivity contribution in [3.05, 3.63) is 65.0 Å². The fourth-order valence-corrected chi connectivity index (χ4v) is 3.31. The van der Waals surface area contributed by atoms with Crippen molar-refractivity contribution in [3.8, 4) is 11.4 Å². The number of thioether (sulfide) groups is 1. The van der Waals surface area contributed by atoms with Gasteiger partial charge in [-0.25, -0.2) is 5.43 Å². The van der Waals surface area contributed by atoms with Crippen molar-refractivity contribution >= 4 is 39.8 Å². The maximum atomic E-state index is 12.0. The average molecular weight is 460 g/mol. The van der Waals surface area contributed by atoms with E-state index in [4.69, 9.17) is 4.42 Å². The molecule has 0 spiro atoms. The maximum absolute atomic E-state index is 12.0. The number of carbonyl (C=O) groups is 1. The minimum absolute atomic E-state index is 0.157. The van der Waals surface area contributed by atoms with E-state index in [0.717, 1.165) is 21.4 Å². The van der Waals surface area contributed by atoms with E-state index in [-0.39, 0.29) is 11.7 Å². The van der Waals surface area contributed by atoms with Crippen molar-refractivity contribution in [2.45, 2.75) is 18.6 Å². The topological polar surface area (TPSA) is 85.3 Å². The Morgan fingerprint density at radius 1 is 1.36 bits per heavy atom. The lowest BCUT2D eigenvalue weighted by Crippen LogP contribution is -2.20. The third kappa shape index (κ3) is 5.43. The predicted molar refractivity (Wildman–Crippen MR) is 113 cm³/mol. The van der Waals surface area contributed by atoms with E-state index in [1.165, 1.54) is 24.2 Å². The molecule has 0 atom stereocenters. The molecule has 7 nitrogen and oxygen atoms in total. The Hall–Kier alpha value is -2.65. The number of amides is 1. The first kappa shape index (κ1) is 20.1. The van der Waals surface area contributed by atoms with Gasteiger partial charge in [-0.3, -0.25) is 9.36 Å². The largest absolute Gasteiger partial charge is 0.463 e. The Morgan fingerprint density at radius 2 is 2.14 bits per heavy atom. The zero-order valence-electron chi connectivity index (χ0n) is 15.1. The molecule has 3 aromatic rings. The quantitative estimate of drug-likeness (QED) is 0.237. The molecule has 2 heterocycles. The van der Waals surface area contributed by atoms with Crippen LogP contribution in [0.1, 0.15) is 12.7 Å². The average Bonchev–Trinajstić information content (AvgIpc) is 3.31. The summed E-state index contributed by atoms with van der Waals surface area (Å²) in [5.41, 5.74) is 4.37. The molecule has 0 saturated carbocycles. The molecular formula is C19H18BrN5O2S. The Morgan fingerprint density at radius 3 is 2.82 bits per heavy atom. The van der Waals surface area contributed by atoms with Gasteiger partial charge in [-0.15, -0.1) is 10.2 Å². The minimum Gasteiger partial charge on any atom is -0.463 e. The summed E-state index contributed by atoms with van der Waals surface area (Å²) in [5, 5.41) is 13.1. The van der Waals surface area contributed by atoms with Crippen LogP contribution in [0.15, 0.2) is 74.0 Å². The molecular weight excluding hydrogens is 442 g/mol. The van der Waals surface area contributed by atoms with Crippen LogP contribution in [0.25, 0.3) is 11.4 Å². The highest BCUT2D eigenvalue weighted by Crippen LogP contribution is 2.26. The number of furan rings is 1. The molecule has 0 aliphatic heterocycles. The molecule has 0 unspecified atom stereocenters. The Balaban J connectivity index is 1.68. The Labute approximate surface area is 175 Å². The van der Waals surface area contributed by atoms with Gasteiger partial charge >= 0.3 is 0 Å². The summed E-state index contributed by atoms with van der Waals surface area (Å²) in [6.07, 6.45) is 2.98. The number of rotatable bonds is 8. The smallest absolute Gasteiger partial charge is 0.250 e. The molecule has 0 aliphatic carbocycles. The fraction of sp³-hybridized carbons (Fsp3) is 0.158. The summed E-state index contributed by atoms with van der Waals surface area (Å²) >= 11 is 4.73. The van der Waals surface area contributed by atoms with Crippen LogP contribution >= 0.6 is 27.7 Å². The standard InChI is InChI=1S/C19H18BrN5O2S/c1-13(2)11-25-18(14-5-7-15(20)8-6-14)23-24-19(25)28-12-17(26)22-21-10-16-4-3-9-27-16/h3-10H,1,11-12H2,2H3,(H,22,26). The number of halogens is 1. The zero-order chi connectivity index (χ0) is 19.9. The zero-order valence-corrected chi connectivity index (χ0v) is 17.5. The van der Waals surface area contributed by atoms with Crippen molar-refractivity contribution < 1.29 is 9.21 Å². The lowest BCUT2D eigenvalue weighted by molar-refractivity contribution is -0.118. The molecule has 3 rings (SSSR count). The first-order chi connectivity index (χ1) is 13.5. The molecule has 0 saturated heterocycles. The highest BCUT2D eigenvalue weighted by molar-refractivity contribution is 9.10. The molecule has 0 bridgehead atoms. The van der Waals surface area contributed by atoms with Crippen molar-refractivity contribution in [2.24, 2.45) is 5.10 Å². The number of allylic oxidation sites excluding steroid dienone is 1. The van der Waals surface area contributed by atoms with Crippen LogP contribution in [0.4, 0.5) is 0 Å². The second-order valence-electron chi connectivity index (χ2n) is 5.95. The number of nitrogens with zero attached hydrogens (tertiary/aromatic N) is 4. The van der Waals surface area contributed by atoms with Crippen molar-refractivity contribution in [1.29, 1.82) is 0 Å². The first-order valence-corrected chi connectivity index (χ1v) is 10.1. The van der Waals surface area contributed by atoms with Crippen LogP contribution < -0.4 is 5.43 Å². The summed E-state index contributed by atoms with van der Waals surface area (Å²) < 4.78 is 8.05. The van der Waals surface area contributed by atoms with Crippen molar-refractivity contribution in [2.75, 3.05) is 5.75 Å². The SMILES string of the molecule is C=C(C)Cn1c(SCC(=O)NN=Cc2ccco2)nnc1-c1ccc(Br)cc1. The second kappa shape index (κ2) is 9.52. The van der Waals surface area contributed by atoms with Gasteiger partial charge in [-0.05, 0) is 31.2 Å². The summed E-state index contributed by atoms with van der Waals surface area (Å²) in [6.45, 7) is 6.49. The van der Waals surface area contributed by atoms with Gasteiger partial charge in [0.15, 0.2) is 11.0 Å². The van der Waals surface area contributed by atoms with E-state index < -0.39 is 0 Å². The number of carbonyl (C=O) groups excluding carboxylic acids is 1. The van der Waals surface area contributed by atoms with Gasteiger partial charge in [0.1, 0.15) is 5.76 Å². The lowest BCUT2D eigenvalue weighted by atomic mass is 10.2. The number of hydrogen-bond donors (Lipinski definition) is 1. The molecule has 144 valence electrons. The van der Waals surface area contributed by atoms with E-state index >= 15 is 0 Å². The number of aromatic nitrogens is 3. The fourth-order valence-electron chi connectivity index (χ4n) is 2.32. The van der Waals surface area contributed by atoms with Gasteiger partial charge in [0.05, 0.1) is 18.2 Å². The Kier molecular flexibility index (Phi) is 6.83. The molecule has 1 aromatic carbocycles. The summed E-state index contributed by atoms with van der Waals surface area (Å²) in [5.74, 6) is 1.20. The predicted octanol–water partition coefficient (Wildman–Crippen LogP) is 4.12. The van der Waals surface area contributed by atoms with Gasteiger partial charge in [-0.2, -0.15) is 5.10 Å². The van der Waals surface area contributed by atoms with E-state index in [2.05, 4.69) is 43.2 Å². The monoisotopic (exact) mass is 459 g/mol. The van der Waals surface area contributed by atoms with Crippen LogP contribution in [0.2, 0.25) is 0 Å². The molecule has 28 heavy (non-hydrogen) atoms. The first-order valence-electron chi connectivity index (χ1n) is 8.34. The van der Waals surface area contributed by atoms with Crippen LogP contribution in [0.5, 0.6) is 0 Å². The summed E-state index contributed by atoms with van der Waals surface area (Å²) in [4.78, 5) is 12.0. The van der Waals surface area contributed by atoms with Crippen LogP contribution in [-0.4, -0.2) is 32.6 Å². The summed E-state index contributed by atoms with van der Waals surface area (Å²) in [6, 6.07) is 11.3. The molecule has 0 aliphatic rings. The molecule has 2 aromatic heterocycles. The number of hydrogen-bond acceptors (Lipinski definition) is 6. The third-order valence-corrected chi connectivity index (χ3v) is 5.00. The third-order valence-electron chi connectivity index (χ3n) is 3.50. The van der Waals surface area contributed by atoms with E-state index in [1.807, 2.05) is 35.8 Å². The highest BCUT2D eigenvalue weighted by Gasteiger charge is 2.15. The number of benzene rings is 1. The van der Waals surface area contributed by atoms with Crippen LogP contribution in [0.3, 0.4) is 0 Å². The van der Waals surface area contributed by atoms with Gasteiger partial charge in [0, 0.05) is 16.6 Å². The van der Waals surface area contributed by atoms with Gasteiger partial charge < -0.3 is 4.42 Å². The van der Waals surface area contributed by atoms with E-state index in [9.17, 15) is 4.79 Å². The molecule has 1 N–H and O–H groups in total. The van der Waals surface area contributed by atoms with E-state index in [1.54, 1.807) is 12.1 Å². The van der Waals surface area contributed by atoms with Crippen LogP contribution in [0, 0.1) is 0 Å². The molecule has 1 amide bonds. The number of hydrazone groups is 1. The van der Waals surface area contributed by atoms with Gasteiger partial charge in [0.25, 0.3) is 5.91 Å². The highest BCUT2D eigenvalue weighted by atomic mass is 79.9.